The van der Waals surface area contributed by atoms with E-state index in [1.807, 2.05) is 14.0 Å². The number of anilines is 2. The number of halogens is 1. The second kappa shape index (κ2) is 8.45. The van der Waals surface area contributed by atoms with Gasteiger partial charge in [-0.15, -0.1) is 0 Å². The quantitative estimate of drug-likeness (QED) is 0.475. The van der Waals surface area contributed by atoms with Crippen molar-refractivity contribution in [2.45, 2.75) is 13.5 Å². The molecular weight excluding hydrogens is 351 g/mol. The van der Waals surface area contributed by atoms with Gasteiger partial charge in [-0.3, -0.25) is 0 Å². The molecule has 0 fully saturated rings. The van der Waals surface area contributed by atoms with Crippen LogP contribution in [0.4, 0.5) is 20.8 Å². The van der Waals surface area contributed by atoms with E-state index < -0.39 is 6.03 Å². The Morgan fingerprint density at radius 2 is 2.00 bits per heavy atom. The summed E-state index contributed by atoms with van der Waals surface area (Å²) >= 11 is 0. The average molecular weight is 372 g/mol. The number of rotatable bonds is 7. The fourth-order valence-electron chi connectivity index (χ4n) is 2.53. The van der Waals surface area contributed by atoms with Crippen molar-refractivity contribution in [2.24, 2.45) is 0 Å². The molecular formula is C18H21FN6O2. The van der Waals surface area contributed by atoms with Crippen LogP contribution in [0.25, 0.3) is 11.0 Å². The number of hydrogen-bond acceptors (Lipinski definition) is 6. The molecule has 2 heterocycles. The van der Waals surface area contributed by atoms with Gasteiger partial charge in [-0.25, -0.2) is 19.2 Å². The van der Waals surface area contributed by atoms with Crippen LogP contribution in [0.15, 0.2) is 35.0 Å². The fourth-order valence-corrected chi connectivity index (χ4v) is 2.53. The standard InChI is InChI=1S/C18H21FN6O2/c1-11-14-7-12(19)3-4-15(14)27-16(11)10-24-18(26)25-13-8-22-17(23-9-13)21-6-5-20-2/h3-4,7-9,20H,5-6,10H2,1-2H3,(H,21,22,23)(H2,24,25,26). The molecule has 27 heavy (non-hydrogen) atoms. The molecule has 8 nitrogen and oxygen atoms in total. The molecule has 0 atom stereocenters. The minimum Gasteiger partial charge on any atom is -0.459 e. The van der Waals surface area contributed by atoms with E-state index in [0.717, 1.165) is 12.1 Å². The number of nitrogens with zero attached hydrogens (tertiary/aromatic N) is 2. The zero-order valence-electron chi connectivity index (χ0n) is 15.1. The van der Waals surface area contributed by atoms with Crippen molar-refractivity contribution >= 4 is 28.6 Å². The first-order chi connectivity index (χ1) is 13.1. The molecule has 4 N–H and O–H groups in total. The summed E-state index contributed by atoms with van der Waals surface area (Å²) in [6, 6.07) is 3.92. The maximum Gasteiger partial charge on any atom is 0.319 e. The van der Waals surface area contributed by atoms with Gasteiger partial charge in [0, 0.05) is 24.0 Å². The van der Waals surface area contributed by atoms with E-state index in [1.165, 1.54) is 24.5 Å². The smallest absolute Gasteiger partial charge is 0.319 e. The predicted molar refractivity (Wildman–Crippen MR) is 101 cm³/mol. The molecule has 3 rings (SSSR count). The van der Waals surface area contributed by atoms with Gasteiger partial charge < -0.3 is 25.7 Å². The number of amides is 2. The number of carbonyl (C=O) groups is 1. The van der Waals surface area contributed by atoms with Gasteiger partial charge in [0.1, 0.15) is 17.2 Å². The van der Waals surface area contributed by atoms with Gasteiger partial charge in [-0.05, 0) is 32.2 Å². The maximum atomic E-state index is 13.4. The Morgan fingerprint density at radius 3 is 2.74 bits per heavy atom. The molecule has 9 heteroatoms. The Hall–Kier alpha value is -3.20. The van der Waals surface area contributed by atoms with Gasteiger partial charge in [-0.2, -0.15) is 0 Å². The van der Waals surface area contributed by atoms with Crippen molar-refractivity contribution in [2.75, 3.05) is 30.8 Å². The molecule has 0 aliphatic heterocycles. The first kappa shape index (κ1) is 18.6. The number of likely N-dealkylation sites (N-methyl/N-ethyl adjacent to an activating group) is 1. The molecule has 0 spiro atoms. The molecule has 1 aromatic carbocycles. The van der Waals surface area contributed by atoms with Gasteiger partial charge in [-0.1, -0.05) is 0 Å². The number of aryl methyl sites for hydroxylation is 1. The third-order valence-corrected chi connectivity index (χ3v) is 3.97. The monoisotopic (exact) mass is 372 g/mol. The van der Waals surface area contributed by atoms with Gasteiger partial charge in [0.15, 0.2) is 0 Å². The Balaban J connectivity index is 1.54. The number of fused-ring (bicyclic) bond motifs is 1. The molecule has 0 aliphatic rings. The molecule has 0 unspecified atom stereocenters. The van der Waals surface area contributed by atoms with Crippen LogP contribution in [0, 0.1) is 12.7 Å². The summed E-state index contributed by atoms with van der Waals surface area (Å²) in [6.45, 7) is 3.50. The lowest BCUT2D eigenvalue weighted by Gasteiger charge is -2.08. The van der Waals surface area contributed by atoms with E-state index in [-0.39, 0.29) is 12.4 Å². The summed E-state index contributed by atoms with van der Waals surface area (Å²) in [4.78, 5) is 20.3. The molecule has 0 aliphatic carbocycles. The highest BCUT2D eigenvalue weighted by atomic mass is 19.1. The molecule has 2 amide bonds. The lowest BCUT2D eigenvalue weighted by atomic mass is 10.1. The van der Waals surface area contributed by atoms with Crippen LogP contribution in [0.1, 0.15) is 11.3 Å². The highest BCUT2D eigenvalue weighted by molar-refractivity contribution is 5.89. The Bertz CT molecular complexity index is 925. The molecule has 2 aromatic heterocycles. The topological polar surface area (TPSA) is 104 Å². The SMILES string of the molecule is CNCCNc1ncc(NC(=O)NCc2oc3ccc(F)cc3c2C)cn1. The molecule has 0 radical (unpaired) electrons. The van der Waals surface area contributed by atoms with Crippen molar-refractivity contribution in [1.82, 2.24) is 20.6 Å². The van der Waals surface area contributed by atoms with Crippen LogP contribution in [-0.2, 0) is 6.54 Å². The van der Waals surface area contributed by atoms with Crippen LogP contribution in [-0.4, -0.2) is 36.1 Å². The first-order valence-corrected chi connectivity index (χ1v) is 8.49. The molecule has 142 valence electrons. The van der Waals surface area contributed by atoms with E-state index in [1.54, 1.807) is 6.07 Å². The number of urea groups is 1. The Labute approximate surface area is 155 Å². The highest BCUT2D eigenvalue weighted by Gasteiger charge is 2.12. The minimum absolute atomic E-state index is 0.179. The molecule has 3 aromatic rings. The lowest BCUT2D eigenvalue weighted by Crippen LogP contribution is -2.28. The number of nitrogens with one attached hydrogen (secondary N) is 4. The van der Waals surface area contributed by atoms with Crippen LogP contribution in [0.3, 0.4) is 0 Å². The summed E-state index contributed by atoms with van der Waals surface area (Å²) in [7, 11) is 1.86. The Kier molecular flexibility index (Phi) is 5.82. The average Bonchev–Trinajstić information content (AvgIpc) is 2.97. The number of furan rings is 1. The van der Waals surface area contributed by atoms with E-state index >= 15 is 0 Å². The van der Waals surface area contributed by atoms with Gasteiger partial charge in [0.05, 0.1) is 24.6 Å². The fraction of sp³-hybridized carbons (Fsp3) is 0.278. The first-order valence-electron chi connectivity index (χ1n) is 8.49. The van der Waals surface area contributed by atoms with Gasteiger partial charge in [0.2, 0.25) is 5.95 Å². The Morgan fingerprint density at radius 1 is 1.22 bits per heavy atom. The number of aromatic nitrogens is 2. The molecule has 0 saturated carbocycles. The second-order valence-electron chi connectivity index (χ2n) is 5.92. The van der Waals surface area contributed by atoms with Gasteiger partial charge in [0.25, 0.3) is 0 Å². The van der Waals surface area contributed by atoms with Gasteiger partial charge >= 0.3 is 6.03 Å². The van der Waals surface area contributed by atoms with Crippen molar-refractivity contribution < 1.29 is 13.6 Å². The minimum atomic E-state index is -0.416. The zero-order chi connectivity index (χ0) is 19.2. The van der Waals surface area contributed by atoms with Crippen LogP contribution < -0.4 is 21.3 Å². The molecule has 0 saturated heterocycles. The van der Waals surface area contributed by atoms with Crippen molar-refractivity contribution in [3.8, 4) is 0 Å². The lowest BCUT2D eigenvalue weighted by molar-refractivity contribution is 0.251. The van der Waals surface area contributed by atoms with Crippen LogP contribution in [0.5, 0.6) is 0 Å². The third kappa shape index (κ3) is 4.70. The van der Waals surface area contributed by atoms with Crippen LogP contribution in [0.2, 0.25) is 0 Å². The summed E-state index contributed by atoms with van der Waals surface area (Å²) in [5, 5.41) is 12.1. The zero-order valence-corrected chi connectivity index (χ0v) is 15.1. The van der Waals surface area contributed by atoms with Crippen molar-refractivity contribution in [1.29, 1.82) is 0 Å². The summed E-state index contributed by atoms with van der Waals surface area (Å²) < 4.78 is 19.0. The van der Waals surface area contributed by atoms with E-state index in [4.69, 9.17) is 4.42 Å². The summed E-state index contributed by atoms with van der Waals surface area (Å²) in [6.07, 6.45) is 3.03. The number of benzene rings is 1. The van der Waals surface area contributed by atoms with Crippen molar-refractivity contribution in [3.63, 3.8) is 0 Å². The van der Waals surface area contributed by atoms with Crippen LogP contribution >= 0.6 is 0 Å². The predicted octanol–water partition coefficient (Wildman–Crippen LogP) is 2.62. The number of hydrogen-bond donors (Lipinski definition) is 4. The maximum absolute atomic E-state index is 13.4. The van der Waals surface area contributed by atoms with Crippen molar-refractivity contribution in [3.05, 3.63) is 47.7 Å². The highest BCUT2D eigenvalue weighted by Crippen LogP contribution is 2.25. The second-order valence-corrected chi connectivity index (χ2v) is 5.92. The largest absolute Gasteiger partial charge is 0.459 e. The van der Waals surface area contributed by atoms with E-state index in [2.05, 4.69) is 31.2 Å². The summed E-state index contributed by atoms with van der Waals surface area (Å²) in [5.74, 6) is 0.736. The molecule has 0 bridgehead atoms. The third-order valence-electron chi connectivity index (χ3n) is 3.97. The normalized spacial score (nSPS) is 10.8. The number of carbonyl (C=O) groups excluding carboxylic acids is 1. The van der Waals surface area contributed by atoms with E-state index in [9.17, 15) is 9.18 Å². The summed E-state index contributed by atoms with van der Waals surface area (Å²) in [5.41, 5.74) is 1.85. The van der Waals surface area contributed by atoms with E-state index in [0.29, 0.717) is 34.9 Å².